The van der Waals surface area contributed by atoms with E-state index in [1.54, 1.807) is 10.4 Å². The Bertz CT molecular complexity index is 457. The Hall–Kier alpha value is 0.471. The van der Waals surface area contributed by atoms with E-state index in [9.17, 15) is 0 Å². The molecule has 4 heteroatoms. The van der Waals surface area contributed by atoms with Crippen molar-refractivity contribution in [2.45, 2.75) is 53.6 Å². The summed E-state index contributed by atoms with van der Waals surface area (Å²) in [7, 11) is -1.56. The van der Waals surface area contributed by atoms with Crippen molar-refractivity contribution in [3.8, 4) is 0 Å². The summed E-state index contributed by atoms with van der Waals surface area (Å²) in [6.07, 6.45) is 14.6. The average Bonchev–Trinajstić information content (AvgIpc) is 2.92. The summed E-state index contributed by atoms with van der Waals surface area (Å²) in [4.78, 5) is 0. The van der Waals surface area contributed by atoms with Gasteiger partial charge in [-0.2, -0.15) is 12.2 Å². The molecule has 2 rings (SSSR count). The quantitative estimate of drug-likeness (QED) is 0.437. The van der Waals surface area contributed by atoms with Gasteiger partial charge in [0.2, 0.25) is 0 Å². The van der Waals surface area contributed by atoms with Gasteiger partial charge in [0.15, 0.2) is 0 Å². The van der Waals surface area contributed by atoms with Crippen LogP contribution in [-0.2, 0) is 21.7 Å². The zero-order chi connectivity index (χ0) is 14.2. The Morgan fingerprint density at radius 1 is 0.864 bits per heavy atom. The van der Waals surface area contributed by atoms with Gasteiger partial charge in [0.05, 0.1) is 0 Å². The Morgan fingerprint density at radius 2 is 1.18 bits per heavy atom. The molecule has 2 aliphatic rings. The van der Waals surface area contributed by atoms with Crippen molar-refractivity contribution >= 4 is 8.07 Å². The number of halogens is 2. The van der Waals surface area contributed by atoms with Gasteiger partial charge in [0.1, 0.15) is 0 Å². The second-order valence-corrected chi connectivity index (χ2v) is 10.7. The van der Waals surface area contributed by atoms with Gasteiger partial charge >= 0.3 is 21.7 Å². The van der Waals surface area contributed by atoms with E-state index in [1.807, 2.05) is 0 Å². The molecule has 0 spiro atoms. The zero-order valence-electron chi connectivity index (χ0n) is 14.5. The zero-order valence-corrected chi connectivity index (χ0v) is 18.6. The van der Waals surface area contributed by atoms with Crippen LogP contribution in [0.25, 0.3) is 0 Å². The van der Waals surface area contributed by atoms with E-state index in [0.717, 1.165) is 0 Å². The van der Waals surface area contributed by atoms with Crippen LogP contribution in [0.5, 0.6) is 0 Å². The molecular formula is C18H26Cl2SiTi. The van der Waals surface area contributed by atoms with Gasteiger partial charge in [-0.05, 0) is 0 Å². The maximum Gasteiger partial charge on any atom is 4.00 e. The minimum absolute atomic E-state index is 0. The van der Waals surface area contributed by atoms with Crippen LogP contribution >= 0.6 is 0 Å². The Morgan fingerprint density at radius 3 is 1.41 bits per heavy atom. The summed E-state index contributed by atoms with van der Waals surface area (Å²) >= 11 is 0. The SMILES string of the molecule is CCC1[C-]=C(C)C([Si](C)(C)C2=CC(CC)[C-]=C2C)=C1.[Cl-].[Cl-].[Ti+4]. The average molecular weight is 389 g/mol. The van der Waals surface area contributed by atoms with Crippen LogP contribution in [0, 0.1) is 24.0 Å². The van der Waals surface area contributed by atoms with Crippen molar-refractivity contribution < 1.29 is 46.5 Å². The third kappa shape index (κ3) is 4.74. The summed E-state index contributed by atoms with van der Waals surface area (Å²) in [6.45, 7) is 13.9. The second kappa shape index (κ2) is 9.69. The van der Waals surface area contributed by atoms with Crippen LogP contribution in [0.1, 0.15) is 40.5 Å². The maximum absolute atomic E-state index is 3.63. The fourth-order valence-electron chi connectivity index (χ4n) is 3.39. The molecule has 0 aromatic carbocycles. The molecule has 0 aromatic rings. The van der Waals surface area contributed by atoms with Crippen molar-refractivity contribution in [3.05, 3.63) is 45.8 Å². The molecule has 0 amide bonds. The van der Waals surface area contributed by atoms with Gasteiger partial charge in [-0.15, -0.1) is 0 Å². The second-order valence-electron chi connectivity index (χ2n) is 6.35. The van der Waals surface area contributed by atoms with Gasteiger partial charge in [-0.3, -0.25) is 12.2 Å². The predicted molar refractivity (Wildman–Crippen MR) is 86.1 cm³/mol. The fraction of sp³-hybridized carbons (Fsp3) is 0.556. The van der Waals surface area contributed by atoms with E-state index in [-0.39, 0.29) is 46.5 Å². The van der Waals surface area contributed by atoms with Crippen molar-refractivity contribution in [2.75, 3.05) is 0 Å². The summed E-state index contributed by atoms with van der Waals surface area (Å²) in [5.41, 5.74) is 2.80. The van der Waals surface area contributed by atoms with Crippen molar-refractivity contribution in [3.63, 3.8) is 0 Å². The minimum Gasteiger partial charge on any atom is -1.00 e. The molecule has 0 aromatic heterocycles. The molecule has 2 aliphatic carbocycles. The molecule has 0 saturated carbocycles. The van der Waals surface area contributed by atoms with Gasteiger partial charge in [-0.25, -0.2) is 21.5 Å². The molecule has 2 unspecified atom stereocenters. The molecule has 22 heavy (non-hydrogen) atoms. The van der Waals surface area contributed by atoms with E-state index in [2.05, 4.69) is 65.1 Å². The first-order valence-electron chi connectivity index (χ1n) is 7.55. The monoisotopic (exact) mass is 388 g/mol. The van der Waals surface area contributed by atoms with E-state index in [4.69, 9.17) is 0 Å². The van der Waals surface area contributed by atoms with Crippen molar-refractivity contribution in [2.24, 2.45) is 11.8 Å². The number of allylic oxidation sites excluding steroid dienone is 8. The van der Waals surface area contributed by atoms with E-state index >= 15 is 0 Å². The fourth-order valence-corrected chi connectivity index (χ4v) is 6.93. The Kier molecular flexibility index (Phi) is 10.9. The van der Waals surface area contributed by atoms with Crippen molar-refractivity contribution in [1.82, 2.24) is 0 Å². The molecule has 0 N–H and O–H groups in total. The molecule has 0 nitrogen and oxygen atoms in total. The standard InChI is InChI=1S/C18H26Si.2ClH.Ti/c1-7-15-9-13(3)17(11-15)19(5,6)18-12-16(8-2)10-14(18)4;;;/h11-12,15-16H,7-8H2,1-6H3;2*1H;/q-2;;;+4/p-2. The minimum atomic E-state index is -1.56. The molecule has 0 saturated heterocycles. The van der Waals surface area contributed by atoms with Crippen LogP contribution in [-0.4, -0.2) is 8.07 Å². The number of hydrogen-bond donors (Lipinski definition) is 0. The first kappa shape index (κ1) is 24.7. The van der Waals surface area contributed by atoms with E-state index in [0.29, 0.717) is 11.8 Å². The molecule has 0 radical (unpaired) electrons. The van der Waals surface area contributed by atoms with Crippen LogP contribution in [0.2, 0.25) is 13.1 Å². The van der Waals surface area contributed by atoms with Gasteiger partial charge in [0, 0.05) is 0 Å². The third-order valence-electron chi connectivity index (χ3n) is 4.57. The van der Waals surface area contributed by atoms with E-state index < -0.39 is 8.07 Å². The summed E-state index contributed by atoms with van der Waals surface area (Å²) in [6, 6.07) is 0. The smallest absolute Gasteiger partial charge is 1.00 e. The van der Waals surface area contributed by atoms with Crippen LogP contribution in [0.15, 0.2) is 33.7 Å². The van der Waals surface area contributed by atoms with E-state index in [1.165, 1.54) is 24.0 Å². The first-order valence-corrected chi connectivity index (χ1v) is 10.6. The maximum atomic E-state index is 3.63. The molecule has 0 fully saturated rings. The van der Waals surface area contributed by atoms with Gasteiger partial charge in [0.25, 0.3) is 0 Å². The number of rotatable bonds is 4. The molecule has 0 heterocycles. The normalized spacial score (nSPS) is 23.4. The van der Waals surface area contributed by atoms with Crippen LogP contribution in [0.3, 0.4) is 0 Å². The molecule has 0 bridgehead atoms. The topological polar surface area (TPSA) is 0 Å². The third-order valence-corrected chi connectivity index (χ3v) is 8.35. The van der Waals surface area contributed by atoms with Crippen LogP contribution < -0.4 is 24.8 Å². The van der Waals surface area contributed by atoms with Crippen LogP contribution in [0.4, 0.5) is 0 Å². The summed E-state index contributed by atoms with van der Waals surface area (Å²) < 4.78 is 0. The number of hydrogen-bond acceptors (Lipinski definition) is 0. The summed E-state index contributed by atoms with van der Waals surface area (Å²) in [5, 5.41) is 3.20. The molecule has 120 valence electrons. The molecule has 2 atom stereocenters. The molecule has 0 aliphatic heterocycles. The largest absolute Gasteiger partial charge is 4.00 e. The van der Waals surface area contributed by atoms with Gasteiger partial charge in [-0.1, -0.05) is 73.5 Å². The van der Waals surface area contributed by atoms with Gasteiger partial charge < -0.3 is 24.8 Å². The summed E-state index contributed by atoms with van der Waals surface area (Å²) in [5.74, 6) is 1.08. The first-order chi connectivity index (χ1) is 8.90. The Balaban J connectivity index is 0. The van der Waals surface area contributed by atoms with Crippen molar-refractivity contribution in [1.29, 1.82) is 0 Å². The molecular weight excluding hydrogens is 363 g/mol. The predicted octanol–water partition coefficient (Wildman–Crippen LogP) is -0.790. The Labute approximate surface area is 165 Å².